The van der Waals surface area contributed by atoms with Crippen molar-refractivity contribution in [3.05, 3.63) is 0 Å². The highest BCUT2D eigenvalue weighted by molar-refractivity contribution is 5.76. The van der Waals surface area contributed by atoms with Crippen molar-refractivity contribution in [1.82, 2.24) is 0 Å². The van der Waals surface area contributed by atoms with Gasteiger partial charge in [0.25, 0.3) is 5.79 Å². The van der Waals surface area contributed by atoms with Crippen LogP contribution in [0.1, 0.15) is 0 Å². The van der Waals surface area contributed by atoms with Gasteiger partial charge in [-0.2, -0.15) is 0 Å². The van der Waals surface area contributed by atoms with Crippen LogP contribution in [0.2, 0.25) is 0 Å². The molecule has 0 spiro atoms. The Labute approximate surface area is 84.0 Å². The van der Waals surface area contributed by atoms with E-state index in [1.807, 2.05) is 0 Å². The average Bonchev–Trinajstić information content (AvgIpc) is 2.20. The fourth-order valence-corrected chi connectivity index (χ4v) is 1.33. The molecule has 0 saturated carbocycles. The van der Waals surface area contributed by atoms with Gasteiger partial charge in [0.2, 0.25) is 0 Å². The van der Waals surface area contributed by atoms with Gasteiger partial charge >= 0.3 is 5.97 Å². The van der Waals surface area contributed by atoms with Crippen molar-refractivity contribution >= 4 is 5.97 Å². The second-order valence-electron chi connectivity index (χ2n) is 3.27. The molecule has 0 aromatic rings. The number of hydrogen-bond donors (Lipinski definition) is 6. The molecule has 1 fully saturated rings. The zero-order chi connectivity index (χ0) is 11.8. The summed E-state index contributed by atoms with van der Waals surface area (Å²) < 4.78 is 4.43. The summed E-state index contributed by atoms with van der Waals surface area (Å²) in [5, 5.41) is 54.3. The van der Waals surface area contributed by atoms with Crippen molar-refractivity contribution in [3.63, 3.8) is 0 Å². The molecule has 1 aliphatic rings. The molecule has 88 valence electrons. The highest BCUT2D eigenvalue weighted by atomic mass is 16.7. The molecule has 1 heterocycles. The van der Waals surface area contributed by atoms with Crippen molar-refractivity contribution in [3.8, 4) is 0 Å². The predicted molar refractivity (Wildman–Crippen MR) is 42.6 cm³/mol. The van der Waals surface area contributed by atoms with E-state index in [1.54, 1.807) is 0 Å². The van der Waals surface area contributed by atoms with Crippen LogP contribution in [0.25, 0.3) is 0 Å². The normalized spacial score (nSPS) is 46.5. The molecule has 8 heteroatoms. The molecule has 5 atom stereocenters. The third kappa shape index (κ3) is 1.83. The third-order valence-electron chi connectivity index (χ3n) is 2.27. The summed E-state index contributed by atoms with van der Waals surface area (Å²) in [4.78, 5) is 10.6. The number of ether oxygens (including phenoxy) is 1. The van der Waals surface area contributed by atoms with Gasteiger partial charge in [0.05, 0.1) is 6.61 Å². The molecule has 0 bridgehead atoms. The van der Waals surface area contributed by atoms with Crippen LogP contribution >= 0.6 is 0 Å². The molecule has 0 amide bonds. The Morgan fingerprint density at radius 2 is 1.80 bits per heavy atom. The highest BCUT2D eigenvalue weighted by Crippen LogP contribution is 2.28. The minimum absolute atomic E-state index is 0.805. The first-order chi connectivity index (χ1) is 6.84. The maximum absolute atomic E-state index is 10.6. The van der Waals surface area contributed by atoms with Crippen molar-refractivity contribution < 1.29 is 40.2 Å². The molecule has 15 heavy (non-hydrogen) atoms. The van der Waals surface area contributed by atoms with Crippen molar-refractivity contribution in [2.24, 2.45) is 0 Å². The van der Waals surface area contributed by atoms with E-state index in [1.165, 1.54) is 0 Å². The zero-order valence-corrected chi connectivity index (χ0v) is 7.52. The highest BCUT2D eigenvalue weighted by Gasteiger charge is 2.57. The summed E-state index contributed by atoms with van der Waals surface area (Å²) in [7, 11) is 0. The lowest BCUT2D eigenvalue weighted by Crippen LogP contribution is -2.68. The fourth-order valence-electron chi connectivity index (χ4n) is 1.33. The smallest absolute Gasteiger partial charge is 0.367 e. The second kappa shape index (κ2) is 4.00. The van der Waals surface area contributed by atoms with Crippen molar-refractivity contribution in [2.75, 3.05) is 6.61 Å². The van der Waals surface area contributed by atoms with E-state index in [0.717, 1.165) is 0 Å². The molecule has 0 unspecified atom stereocenters. The van der Waals surface area contributed by atoms with E-state index >= 15 is 0 Å². The molecule has 0 aromatic heterocycles. The van der Waals surface area contributed by atoms with Crippen molar-refractivity contribution in [1.29, 1.82) is 0 Å². The maximum Gasteiger partial charge on any atom is 0.367 e. The van der Waals surface area contributed by atoms with E-state index in [2.05, 4.69) is 4.74 Å². The molecule has 1 rings (SSSR count). The van der Waals surface area contributed by atoms with Crippen LogP contribution in [0.5, 0.6) is 0 Å². The van der Waals surface area contributed by atoms with Crippen LogP contribution in [0, 0.1) is 0 Å². The van der Waals surface area contributed by atoms with E-state index in [9.17, 15) is 25.2 Å². The third-order valence-corrected chi connectivity index (χ3v) is 2.27. The molecule has 1 saturated heterocycles. The van der Waals surface area contributed by atoms with Crippen LogP contribution in [-0.2, 0) is 9.53 Å². The summed E-state index contributed by atoms with van der Waals surface area (Å²) in [5.41, 5.74) is 0. The van der Waals surface area contributed by atoms with Gasteiger partial charge in [0, 0.05) is 0 Å². The lowest BCUT2D eigenvalue weighted by atomic mass is 9.93. The molecule has 0 aliphatic carbocycles. The largest absolute Gasteiger partial charge is 0.477 e. The summed E-state index contributed by atoms with van der Waals surface area (Å²) in [6.07, 6.45) is -7.28. The number of rotatable bonds is 2. The first-order valence-corrected chi connectivity index (χ1v) is 4.13. The standard InChI is InChI=1S/C7H12O8/c8-1-2-3(9)4(10)5(11)7(14,15-2)6(12)13/h2-5,8-11,14H,1H2,(H,12,13)/t2-,3+,4+,5-,7-/m1/s1. The Morgan fingerprint density at radius 3 is 2.20 bits per heavy atom. The summed E-state index contributed by atoms with van der Waals surface area (Å²) in [6, 6.07) is 0. The SMILES string of the molecule is O=C(O)[C@]1(O)O[C@H](CO)[C@H](O)[C@H](O)[C@H]1O. The molecule has 8 nitrogen and oxygen atoms in total. The number of aliphatic hydroxyl groups excluding tert-OH is 4. The molecule has 1 aliphatic heterocycles. The van der Waals surface area contributed by atoms with Crippen molar-refractivity contribution in [2.45, 2.75) is 30.2 Å². The Bertz CT molecular complexity index is 253. The van der Waals surface area contributed by atoms with Gasteiger partial charge in [0.15, 0.2) is 0 Å². The van der Waals surface area contributed by atoms with Crippen LogP contribution in [0.15, 0.2) is 0 Å². The van der Waals surface area contributed by atoms with E-state index in [4.69, 9.17) is 10.2 Å². The monoisotopic (exact) mass is 224 g/mol. The van der Waals surface area contributed by atoms with Crippen LogP contribution < -0.4 is 0 Å². The Balaban J connectivity index is 2.97. The Kier molecular flexibility index (Phi) is 3.28. The predicted octanol–water partition coefficient (Wildman–Crippen LogP) is -3.77. The zero-order valence-electron chi connectivity index (χ0n) is 7.52. The molecule has 0 aromatic carbocycles. The van der Waals surface area contributed by atoms with Crippen LogP contribution in [0.4, 0.5) is 0 Å². The number of carboxylic acids is 1. The van der Waals surface area contributed by atoms with Gasteiger partial charge in [-0.3, -0.25) is 0 Å². The number of aliphatic carboxylic acids is 1. The fraction of sp³-hybridized carbons (Fsp3) is 0.857. The Hall–Kier alpha value is -0.770. The minimum Gasteiger partial charge on any atom is -0.477 e. The van der Waals surface area contributed by atoms with Gasteiger partial charge in [-0.1, -0.05) is 0 Å². The first-order valence-electron chi connectivity index (χ1n) is 4.13. The lowest BCUT2D eigenvalue weighted by Gasteiger charge is -2.42. The number of carbonyl (C=O) groups is 1. The van der Waals surface area contributed by atoms with Gasteiger partial charge in [-0.15, -0.1) is 0 Å². The molecular weight excluding hydrogens is 212 g/mol. The molecule has 6 N–H and O–H groups in total. The number of carboxylic acid groups (broad SMARTS) is 1. The quantitative estimate of drug-likeness (QED) is 0.280. The van der Waals surface area contributed by atoms with Gasteiger partial charge < -0.3 is 35.4 Å². The lowest BCUT2D eigenvalue weighted by molar-refractivity contribution is -0.337. The summed E-state index contributed by atoms with van der Waals surface area (Å²) in [6.45, 7) is -0.805. The van der Waals surface area contributed by atoms with Gasteiger partial charge in [-0.25, -0.2) is 4.79 Å². The van der Waals surface area contributed by atoms with Crippen LogP contribution in [-0.4, -0.2) is 73.4 Å². The topological polar surface area (TPSA) is 148 Å². The summed E-state index contributed by atoms with van der Waals surface area (Å²) in [5.74, 6) is -4.95. The molecular formula is C7H12O8. The van der Waals surface area contributed by atoms with E-state index in [0.29, 0.717) is 0 Å². The van der Waals surface area contributed by atoms with Gasteiger partial charge in [0.1, 0.15) is 24.4 Å². The van der Waals surface area contributed by atoms with E-state index in [-0.39, 0.29) is 0 Å². The second-order valence-corrected chi connectivity index (χ2v) is 3.27. The number of aliphatic hydroxyl groups is 5. The Morgan fingerprint density at radius 1 is 1.27 bits per heavy atom. The maximum atomic E-state index is 10.6. The minimum atomic E-state index is -3.04. The van der Waals surface area contributed by atoms with E-state index < -0.39 is 42.8 Å². The van der Waals surface area contributed by atoms with Crippen LogP contribution in [0.3, 0.4) is 0 Å². The van der Waals surface area contributed by atoms with Gasteiger partial charge in [-0.05, 0) is 0 Å². The first kappa shape index (κ1) is 12.3. The average molecular weight is 224 g/mol. The number of hydrogen-bond acceptors (Lipinski definition) is 7. The summed E-state index contributed by atoms with van der Waals surface area (Å²) >= 11 is 0. The molecule has 0 radical (unpaired) electrons.